The molecule has 2 aliphatic rings. The van der Waals surface area contributed by atoms with Crippen molar-refractivity contribution in [3.8, 4) is 0 Å². The van der Waals surface area contributed by atoms with Crippen molar-refractivity contribution < 1.29 is 9.59 Å². The van der Waals surface area contributed by atoms with Crippen LogP contribution in [0, 0.1) is 5.92 Å². The predicted octanol–water partition coefficient (Wildman–Crippen LogP) is 0.487. The fourth-order valence-electron chi connectivity index (χ4n) is 2.80. The minimum Gasteiger partial charge on any atom is -0.342 e. The zero-order valence-electron chi connectivity index (χ0n) is 11.7. The average molecular weight is 290 g/mol. The molecule has 0 bridgehead atoms. The van der Waals surface area contributed by atoms with E-state index in [9.17, 15) is 9.59 Å². The largest absolute Gasteiger partial charge is 0.342 e. The van der Waals surface area contributed by atoms with Crippen LogP contribution < -0.4 is 5.32 Å². The first-order chi connectivity index (χ1) is 8.61. The second-order valence-electron chi connectivity index (χ2n) is 5.32. The van der Waals surface area contributed by atoms with E-state index in [0.717, 1.165) is 32.6 Å². The maximum atomic E-state index is 12.4. The first-order valence-electron chi connectivity index (χ1n) is 6.91. The Labute approximate surface area is 121 Å². The molecule has 2 amide bonds. The number of nitrogens with zero attached hydrogens (tertiary/aromatic N) is 2. The van der Waals surface area contributed by atoms with Gasteiger partial charge < -0.3 is 15.1 Å². The molecule has 0 aromatic heterocycles. The van der Waals surface area contributed by atoms with E-state index < -0.39 is 0 Å². The van der Waals surface area contributed by atoms with Gasteiger partial charge in [0.15, 0.2) is 0 Å². The van der Waals surface area contributed by atoms with Crippen LogP contribution in [0.3, 0.4) is 0 Å². The van der Waals surface area contributed by atoms with Gasteiger partial charge in [-0.3, -0.25) is 9.59 Å². The lowest BCUT2D eigenvalue weighted by atomic mass is 10.1. The van der Waals surface area contributed by atoms with E-state index in [1.807, 2.05) is 16.7 Å². The zero-order chi connectivity index (χ0) is 13.1. The third-order valence-corrected chi connectivity index (χ3v) is 3.87. The first kappa shape index (κ1) is 16.2. The highest BCUT2D eigenvalue weighted by Gasteiger charge is 2.34. The molecule has 19 heavy (non-hydrogen) atoms. The molecule has 110 valence electrons. The van der Waals surface area contributed by atoms with Gasteiger partial charge >= 0.3 is 0 Å². The Kier molecular flexibility index (Phi) is 6.07. The molecule has 0 spiro atoms. The zero-order valence-corrected chi connectivity index (χ0v) is 12.5. The highest BCUT2D eigenvalue weighted by atomic mass is 35.5. The number of piperazine rings is 1. The Balaban J connectivity index is 0.00000180. The van der Waals surface area contributed by atoms with E-state index in [1.54, 1.807) is 0 Å². The molecular formula is C13H24ClN3O2. The van der Waals surface area contributed by atoms with Gasteiger partial charge in [0, 0.05) is 45.2 Å². The Bertz CT molecular complexity index is 338. The van der Waals surface area contributed by atoms with Crippen molar-refractivity contribution in [3.63, 3.8) is 0 Å². The van der Waals surface area contributed by atoms with Crippen LogP contribution in [-0.4, -0.2) is 60.4 Å². The fourth-order valence-corrected chi connectivity index (χ4v) is 2.80. The van der Waals surface area contributed by atoms with Gasteiger partial charge in [0.25, 0.3) is 0 Å². The maximum Gasteiger partial charge on any atom is 0.227 e. The highest BCUT2D eigenvalue weighted by Crippen LogP contribution is 2.20. The van der Waals surface area contributed by atoms with Crippen LogP contribution in [0.15, 0.2) is 0 Å². The van der Waals surface area contributed by atoms with Crippen molar-refractivity contribution in [3.05, 3.63) is 0 Å². The summed E-state index contributed by atoms with van der Waals surface area (Å²) in [5, 5.41) is 3.34. The van der Waals surface area contributed by atoms with Crippen LogP contribution in [0.2, 0.25) is 0 Å². The summed E-state index contributed by atoms with van der Waals surface area (Å²) in [6.45, 7) is 7.78. The summed E-state index contributed by atoms with van der Waals surface area (Å²) >= 11 is 0. The Morgan fingerprint density at radius 1 is 1.21 bits per heavy atom. The van der Waals surface area contributed by atoms with Crippen LogP contribution >= 0.6 is 12.4 Å². The summed E-state index contributed by atoms with van der Waals surface area (Å²) in [5.74, 6) is 0.416. The Hall–Kier alpha value is -0.810. The van der Waals surface area contributed by atoms with Gasteiger partial charge in [0.2, 0.25) is 11.8 Å². The SMILES string of the molecule is CCC(=O)N1CCC(C(=O)N2CCN[C@H](C)C2)C1.Cl. The van der Waals surface area contributed by atoms with E-state index in [-0.39, 0.29) is 30.1 Å². The lowest BCUT2D eigenvalue weighted by molar-refractivity contribution is -0.136. The van der Waals surface area contributed by atoms with Crippen LogP contribution in [-0.2, 0) is 9.59 Å². The summed E-state index contributed by atoms with van der Waals surface area (Å²) in [7, 11) is 0. The maximum absolute atomic E-state index is 12.4. The van der Waals surface area contributed by atoms with Crippen molar-refractivity contribution in [1.29, 1.82) is 0 Å². The van der Waals surface area contributed by atoms with Crippen LogP contribution in [0.5, 0.6) is 0 Å². The molecule has 0 saturated carbocycles. The molecule has 6 heteroatoms. The summed E-state index contributed by atoms with van der Waals surface area (Å²) in [4.78, 5) is 27.7. The number of halogens is 1. The second-order valence-corrected chi connectivity index (χ2v) is 5.32. The minimum absolute atomic E-state index is 0. The Morgan fingerprint density at radius 2 is 1.95 bits per heavy atom. The average Bonchev–Trinajstić information content (AvgIpc) is 2.86. The van der Waals surface area contributed by atoms with Gasteiger partial charge in [-0.15, -0.1) is 12.4 Å². The number of carbonyl (C=O) groups excluding carboxylic acids is 2. The number of hydrogen-bond donors (Lipinski definition) is 1. The smallest absolute Gasteiger partial charge is 0.227 e. The van der Waals surface area contributed by atoms with Gasteiger partial charge in [-0.25, -0.2) is 0 Å². The normalized spacial score (nSPS) is 27.1. The molecule has 0 aromatic carbocycles. The van der Waals surface area contributed by atoms with E-state index in [2.05, 4.69) is 12.2 Å². The molecule has 2 fully saturated rings. The fraction of sp³-hybridized carbons (Fsp3) is 0.846. The standard InChI is InChI=1S/C13H23N3O2.ClH/c1-3-12(17)15-6-4-11(9-15)13(18)16-7-5-14-10(2)8-16;/h10-11,14H,3-9H2,1-2H3;1H/t10-,11?;/m1./s1. The van der Waals surface area contributed by atoms with Gasteiger partial charge in [-0.1, -0.05) is 6.92 Å². The molecule has 2 rings (SSSR count). The van der Waals surface area contributed by atoms with Crippen molar-refractivity contribution in [2.24, 2.45) is 5.92 Å². The number of rotatable bonds is 2. The molecule has 2 aliphatic heterocycles. The van der Waals surface area contributed by atoms with E-state index in [0.29, 0.717) is 19.0 Å². The molecule has 5 nitrogen and oxygen atoms in total. The molecular weight excluding hydrogens is 266 g/mol. The van der Waals surface area contributed by atoms with Crippen LogP contribution in [0.1, 0.15) is 26.7 Å². The van der Waals surface area contributed by atoms with Gasteiger partial charge in [-0.2, -0.15) is 0 Å². The number of carbonyl (C=O) groups is 2. The van der Waals surface area contributed by atoms with Crippen LogP contribution in [0.25, 0.3) is 0 Å². The monoisotopic (exact) mass is 289 g/mol. The second kappa shape index (κ2) is 7.10. The highest BCUT2D eigenvalue weighted by molar-refractivity contribution is 5.85. The van der Waals surface area contributed by atoms with Crippen molar-refractivity contribution >= 4 is 24.2 Å². The van der Waals surface area contributed by atoms with E-state index in [4.69, 9.17) is 0 Å². The molecule has 2 atom stereocenters. The topological polar surface area (TPSA) is 52.7 Å². The van der Waals surface area contributed by atoms with Crippen molar-refractivity contribution in [2.75, 3.05) is 32.7 Å². The van der Waals surface area contributed by atoms with E-state index in [1.165, 1.54) is 0 Å². The molecule has 2 saturated heterocycles. The third-order valence-electron chi connectivity index (χ3n) is 3.87. The first-order valence-corrected chi connectivity index (χ1v) is 6.91. The number of amides is 2. The lowest BCUT2D eigenvalue weighted by Crippen LogP contribution is -2.53. The summed E-state index contributed by atoms with van der Waals surface area (Å²) in [5.41, 5.74) is 0. The van der Waals surface area contributed by atoms with Crippen molar-refractivity contribution in [1.82, 2.24) is 15.1 Å². The number of nitrogens with one attached hydrogen (secondary N) is 1. The summed E-state index contributed by atoms with van der Waals surface area (Å²) in [6, 6.07) is 0.373. The minimum atomic E-state index is 0. The molecule has 0 aromatic rings. The quantitative estimate of drug-likeness (QED) is 0.805. The Morgan fingerprint density at radius 3 is 2.58 bits per heavy atom. The van der Waals surface area contributed by atoms with Gasteiger partial charge in [0.1, 0.15) is 0 Å². The van der Waals surface area contributed by atoms with Gasteiger partial charge in [-0.05, 0) is 13.3 Å². The molecule has 0 radical (unpaired) electrons. The lowest BCUT2D eigenvalue weighted by Gasteiger charge is -2.33. The summed E-state index contributed by atoms with van der Waals surface area (Å²) < 4.78 is 0. The molecule has 0 aliphatic carbocycles. The van der Waals surface area contributed by atoms with E-state index >= 15 is 0 Å². The van der Waals surface area contributed by atoms with Gasteiger partial charge in [0.05, 0.1) is 5.92 Å². The molecule has 1 unspecified atom stereocenters. The third kappa shape index (κ3) is 3.83. The van der Waals surface area contributed by atoms with Crippen molar-refractivity contribution in [2.45, 2.75) is 32.7 Å². The number of hydrogen-bond acceptors (Lipinski definition) is 3. The number of likely N-dealkylation sites (tertiary alicyclic amines) is 1. The molecule has 2 heterocycles. The van der Waals surface area contributed by atoms with Crippen LogP contribution in [0.4, 0.5) is 0 Å². The molecule has 1 N–H and O–H groups in total. The summed E-state index contributed by atoms with van der Waals surface area (Å²) in [6.07, 6.45) is 1.36. The predicted molar refractivity (Wildman–Crippen MR) is 76.3 cm³/mol.